The monoisotopic (exact) mass is 261 g/mol. The number of ether oxygens (including phenoxy) is 1. The fourth-order valence-electron chi connectivity index (χ4n) is 2.08. The quantitative estimate of drug-likeness (QED) is 0.577. The lowest BCUT2D eigenvalue weighted by Crippen LogP contribution is -2.04. The Labute approximate surface area is 113 Å². The van der Waals surface area contributed by atoms with E-state index in [1.165, 1.54) is 22.1 Å². The maximum Gasteiger partial charge on any atom is 0.204 e. The van der Waals surface area contributed by atoms with Gasteiger partial charge in [-0.05, 0) is 23.9 Å². The highest BCUT2D eigenvalue weighted by atomic mass is 32.2. The van der Waals surface area contributed by atoms with Gasteiger partial charge in [0.15, 0.2) is 5.75 Å². The summed E-state index contributed by atoms with van der Waals surface area (Å²) in [4.78, 5) is 1.37. The van der Waals surface area contributed by atoms with Crippen molar-refractivity contribution in [1.82, 2.24) is 0 Å². The van der Waals surface area contributed by atoms with E-state index in [4.69, 9.17) is 4.74 Å². The van der Waals surface area contributed by atoms with E-state index in [0.29, 0.717) is 0 Å². The molecule has 0 radical (unpaired) electrons. The Kier molecular flexibility index (Phi) is 4.54. The van der Waals surface area contributed by atoms with E-state index in [1.54, 1.807) is 0 Å². The van der Waals surface area contributed by atoms with Gasteiger partial charge in [-0.3, -0.25) is 0 Å². The van der Waals surface area contributed by atoms with Gasteiger partial charge in [-0.25, -0.2) is 0 Å². The van der Waals surface area contributed by atoms with Crippen LogP contribution in [-0.2, 0) is 10.9 Å². The minimum atomic E-state index is 0.205. The minimum absolute atomic E-state index is 0.205. The molecule has 0 aliphatic carbocycles. The summed E-state index contributed by atoms with van der Waals surface area (Å²) in [5.41, 5.74) is 0. The molecule has 18 heavy (non-hydrogen) atoms. The second kappa shape index (κ2) is 6.14. The van der Waals surface area contributed by atoms with E-state index in [-0.39, 0.29) is 10.9 Å². The highest BCUT2D eigenvalue weighted by molar-refractivity contribution is 7.95. The van der Waals surface area contributed by atoms with Crippen LogP contribution in [0.2, 0.25) is 0 Å². The molecule has 0 aromatic heterocycles. The van der Waals surface area contributed by atoms with Crippen LogP contribution in [0.1, 0.15) is 19.8 Å². The van der Waals surface area contributed by atoms with Gasteiger partial charge < -0.3 is 4.74 Å². The van der Waals surface area contributed by atoms with Crippen molar-refractivity contribution in [3.8, 4) is 5.75 Å². The van der Waals surface area contributed by atoms with Crippen molar-refractivity contribution in [2.24, 2.45) is 0 Å². The van der Waals surface area contributed by atoms with Crippen LogP contribution in [0.25, 0.3) is 10.8 Å². The topological polar surface area (TPSA) is 9.23 Å². The molecule has 0 saturated heterocycles. The SMILES string of the molecule is CCCCOc1ccc2ccccc2c1[S+](C)C. The molecule has 0 spiro atoms. The number of unbranched alkanes of at least 4 members (excludes halogenated alkanes) is 1. The number of benzene rings is 2. The molecular formula is C16H21OS+. The van der Waals surface area contributed by atoms with Crippen LogP contribution in [0.5, 0.6) is 5.75 Å². The Morgan fingerprint density at radius 1 is 1.06 bits per heavy atom. The lowest BCUT2D eigenvalue weighted by Gasteiger charge is -2.11. The third-order valence-corrected chi connectivity index (χ3v) is 4.24. The van der Waals surface area contributed by atoms with Crippen molar-refractivity contribution >= 4 is 21.7 Å². The number of fused-ring (bicyclic) bond motifs is 1. The van der Waals surface area contributed by atoms with Crippen molar-refractivity contribution in [2.75, 3.05) is 19.1 Å². The predicted octanol–water partition coefficient (Wildman–Crippen LogP) is 4.26. The molecule has 1 nitrogen and oxygen atoms in total. The second-order valence-electron chi connectivity index (χ2n) is 4.63. The molecule has 0 amide bonds. The summed E-state index contributed by atoms with van der Waals surface area (Å²) in [5.74, 6) is 1.07. The van der Waals surface area contributed by atoms with Crippen LogP contribution in [-0.4, -0.2) is 19.1 Å². The molecule has 0 aliphatic rings. The van der Waals surface area contributed by atoms with Gasteiger partial charge in [0.1, 0.15) is 12.5 Å². The van der Waals surface area contributed by atoms with Gasteiger partial charge in [-0.2, -0.15) is 0 Å². The summed E-state index contributed by atoms with van der Waals surface area (Å²) in [7, 11) is 0.205. The van der Waals surface area contributed by atoms with Gasteiger partial charge in [0.25, 0.3) is 0 Å². The molecular weight excluding hydrogens is 240 g/mol. The molecule has 0 atom stereocenters. The molecule has 0 saturated carbocycles. The molecule has 0 heterocycles. The summed E-state index contributed by atoms with van der Waals surface area (Å²) in [5, 5.41) is 2.64. The summed E-state index contributed by atoms with van der Waals surface area (Å²) in [6.07, 6.45) is 6.81. The maximum absolute atomic E-state index is 5.95. The molecule has 2 rings (SSSR count). The van der Waals surface area contributed by atoms with E-state index >= 15 is 0 Å². The first-order valence-corrected chi connectivity index (χ1v) is 8.50. The third kappa shape index (κ3) is 2.81. The fourth-order valence-corrected chi connectivity index (χ4v) is 3.24. The summed E-state index contributed by atoms with van der Waals surface area (Å²) in [6, 6.07) is 12.8. The fraction of sp³-hybridized carbons (Fsp3) is 0.375. The summed E-state index contributed by atoms with van der Waals surface area (Å²) in [6.45, 7) is 3.01. The van der Waals surface area contributed by atoms with E-state index < -0.39 is 0 Å². The zero-order valence-corrected chi connectivity index (χ0v) is 12.2. The Balaban J connectivity index is 2.42. The number of rotatable bonds is 5. The van der Waals surface area contributed by atoms with Crippen LogP contribution >= 0.6 is 0 Å². The van der Waals surface area contributed by atoms with Crippen molar-refractivity contribution in [1.29, 1.82) is 0 Å². The smallest absolute Gasteiger partial charge is 0.204 e. The molecule has 2 aromatic carbocycles. The third-order valence-electron chi connectivity index (χ3n) is 3.01. The Bertz CT molecular complexity index is 519. The molecule has 0 bridgehead atoms. The largest absolute Gasteiger partial charge is 0.488 e. The van der Waals surface area contributed by atoms with Crippen LogP contribution in [0.4, 0.5) is 0 Å². The zero-order valence-electron chi connectivity index (χ0n) is 11.4. The predicted molar refractivity (Wildman–Crippen MR) is 81.8 cm³/mol. The lowest BCUT2D eigenvalue weighted by atomic mass is 10.1. The Morgan fingerprint density at radius 3 is 2.56 bits per heavy atom. The van der Waals surface area contributed by atoms with E-state index in [1.807, 2.05) is 0 Å². The van der Waals surface area contributed by atoms with Gasteiger partial charge in [-0.1, -0.05) is 37.6 Å². The average molecular weight is 261 g/mol. The lowest BCUT2D eigenvalue weighted by molar-refractivity contribution is 0.303. The highest BCUT2D eigenvalue weighted by Crippen LogP contribution is 2.32. The minimum Gasteiger partial charge on any atom is -0.488 e. The molecule has 0 aliphatic heterocycles. The van der Waals surface area contributed by atoms with Crippen molar-refractivity contribution < 1.29 is 4.74 Å². The summed E-state index contributed by atoms with van der Waals surface area (Å²) < 4.78 is 5.95. The Morgan fingerprint density at radius 2 is 1.83 bits per heavy atom. The number of hydrogen-bond acceptors (Lipinski definition) is 1. The van der Waals surface area contributed by atoms with Crippen molar-refractivity contribution in [2.45, 2.75) is 24.7 Å². The first-order valence-electron chi connectivity index (χ1n) is 6.46. The summed E-state index contributed by atoms with van der Waals surface area (Å²) >= 11 is 0. The average Bonchev–Trinajstić information content (AvgIpc) is 2.38. The van der Waals surface area contributed by atoms with Gasteiger partial charge in [-0.15, -0.1) is 0 Å². The van der Waals surface area contributed by atoms with Gasteiger partial charge in [0, 0.05) is 16.3 Å². The number of hydrogen-bond donors (Lipinski definition) is 0. The van der Waals surface area contributed by atoms with Gasteiger partial charge >= 0.3 is 0 Å². The van der Waals surface area contributed by atoms with Gasteiger partial charge in [0.2, 0.25) is 4.90 Å². The Hall–Kier alpha value is -1.15. The maximum atomic E-state index is 5.95. The molecule has 0 unspecified atom stereocenters. The molecule has 0 fully saturated rings. The molecule has 2 aromatic rings. The standard InChI is InChI=1S/C16H21OS/c1-4-5-12-17-15-11-10-13-8-6-7-9-14(13)16(15)18(2)3/h6-11H,4-5,12H2,1-3H3/q+1. The van der Waals surface area contributed by atoms with Crippen LogP contribution < -0.4 is 4.74 Å². The molecule has 0 N–H and O–H groups in total. The first kappa shape index (κ1) is 13.3. The molecule has 2 heteroatoms. The molecule has 96 valence electrons. The first-order chi connectivity index (χ1) is 8.74. The highest BCUT2D eigenvalue weighted by Gasteiger charge is 2.19. The van der Waals surface area contributed by atoms with Crippen molar-refractivity contribution in [3.05, 3.63) is 36.4 Å². The van der Waals surface area contributed by atoms with E-state index in [2.05, 4.69) is 55.8 Å². The second-order valence-corrected chi connectivity index (χ2v) is 6.67. The van der Waals surface area contributed by atoms with Gasteiger partial charge in [0.05, 0.1) is 6.61 Å². The zero-order chi connectivity index (χ0) is 13.0. The van der Waals surface area contributed by atoms with E-state index in [0.717, 1.165) is 18.8 Å². The van der Waals surface area contributed by atoms with Crippen molar-refractivity contribution in [3.63, 3.8) is 0 Å². The van der Waals surface area contributed by atoms with Crippen LogP contribution in [0.15, 0.2) is 41.3 Å². The van der Waals surface area contributed by atoms with Crippen LogP contribution in [0.3, 0.4) is 0 Å². The normalized spacial score (nSPS) is 11.1. The van der Waals surface area contributed by atoms with Crippen LogP contribution in [0, 0.1) is 0 Å². The van der Waals surface area contributed by atoms with E-state index in [9.17, 15) is 0 Å².